The fourth-order valence-corrected chi connectivity index (χ4v) is 2.62. The summed E-state index contributed by atoms with van der Waals surface area (Å²) in [4.78, 5) is 23.8. The van der Waals surface area contributed by atoms with Crippen LogP contribution in [0.5, 0.6) is 5.75 Å². The summed E-state index contributed by atoms with van der Waals surface area (Å²) >= 11 is 0. The van der Waals surface area contributed by atoms with E-state index in [1.807, 2.05) is 18.2 Å². The Kier molecular flexibility index (Phi) is 5.34. The number of benzene rings is 2. The van der Waals surface area contributed by atoms with Crippen LogP contribution >= 0.6 is 0 Å². The number of rotatable bonds is 6. The molecule has 0 fully saturated rings. The minimum atomic E-state index is -0.603. The Balaban J connectivity index is 1.80. The van der Waals surface area contributed by atoms with Crippen LogP contribution < -0.4 is 4.74 Å². The zero-order valence-corrected chi connectivity index (χ0v) is 14.5. The largest absolute Gasteiger partial charge is 0.469 e. The zero-order chi connectivity index (χ0) is 18.5. The monoisotopic (exact) mass is 354 g/mol. The summed E-state index contributed by atoms with van der Waals surface area (Å²) in [5.41, 5.74) is 2.01. The standard InChI is InChI=1S/C20H18O6/c1-23-12-16-15-5-3-4-6-17(15)26-19(16)20(22)25-14-9-7-13(8-10-14)11-18(21)24-2/h3-10H,11-12H2,1-2H3. The van der Waals surface area contributed by atoms with Gasteiger partial charge < -0.3 is 18.6 Å². The zero-order valence-electron chi connectivity index (χ0n) is 14.5. The van der Waals surface area contributed by atoms with Gasteiger partial charge in [0.15, 0.2) is 0 Å². The Morgan fingerprint density at radius 2 is 1.73 bits per heavy atom. The Hall–Kier alpha value is -3.12. The summed E-state index contributed by atoms with van der Waals surface area (Å²) in [6.45, 7) is 0.236. The van der Waals surface area contributed by atoms with Gasteiger partial charge >= 0.3 is 11.9 Å². The van der Waals surface area contributed by atoms with Gasteiger partial charge in [-0.1, -0.05) is 30.3 Å². The maximum absolute atomic E-state index is 12.5. The van der Waals surface area contributed by atoms with E-state index in [1.165, 1.54) is 7.11 Å². The van der Waals surface area contributed by atoms with Crippen molar-refractivity contribution in [2.45, 2.75) is 13.0 Å². The topological polar surface area (TPSA) is 75.0 Å². The van der Waals surface area contributed by atoms with Crippen LogP contribution in [0.2, 0.25) is 0 Å². The molecule has 0 saturated carbocycles. The molecule has 0 unspecified atom stereocenters. The van der Waals surface area contributed by atoms with E-state index >= 15 is 0 Å². The van der Waals surface area contributed by atoms with Crippen LogP contribution in [-0.4, -0.2) is 26.2 Å². The van der Waals surface area contributed by atoms with E-state index in [9.17, 15) is 9.59 Å². The van der Waals surface area contributed by atoms with Crippen molar-refractivity contribution in [2.24, 2.45) is 0 Å². The number of methoxy groups -OCH3 is 2. The number of hydrogen-bond donors (Lipinski definition) is 0. The molecule has 0 aliphatic heterocycles. The third-order valence-corrected chi connectivity index (χ3v) is 3.88. The molecule has 3 rings (SSSR count). The van der Waals surface area contributed by atoms with E-state index in [4.69, 9.17) is 13.9 Å². The molecule has 0 bridgehead atoms. The van der Waals surface area contributed by atoms with Gasteiger partial charge in [0.05, 0.1) is 20.1 Å². The number of carbonyl (C=O) groups excluding carboxylic acids is 2. The molecular formula is C20H18O6. The molecule has 134 valence electrons. The number of hydrogen-bond acceptors (Lipinski definition) is 6. The number of furan rings is 1. The Labute approximate surface area is 150 Å². The number of carbonyl (C=O) groups is 2. The second-order valence-corrected chi connectivity index (χ2v) is 5.63. The van der Waals surface area contributed by atoms with Crippen LogP contribution in [0.1, 0.15) is 21.7 Å². The summed E-state index contributed by atoms with van der Waals surface area (Å²) in [7, 11) is 2.89. The lowest BCUT2D eigenvalue weighted by atomic mass is 10.1. The van der Waals surface area contributed by atoms with E-state index in [1.54, 1.807) is 37.4 Å². The highest BCUT2D eigenvalue weighted by atomic mass is 16.5. The van der Waals surface area contributed by atoms with Crippen molar-refractivity contribution in [2.75, 3.05) is 14.2 Å². The van der Waals surface area contributed by atoms with Gasteiger partial charge in [-0.05, 0) is 23.8 Å². The van der Waals surface area contributed by atoms with Crippen LogP contribution in [0.25, 0.3) is 11.0 Å². The van der Waals surface area contributed by atoms with Gasteiger partial charge in [-0.15, -0.1) is 0 Å². The summed E-state index contributed by atoms with van der Waals surface area (Å²) in [6, 6.07) is 14.0. The summed E-state index contributed by atoms with van der Waals surface area (Å²) in [6.07, 6.45) is 0.159. The summed E-state index contributed by atoms with van der Waals surface area (Å²) in [5, 5.41) is 0.815. The first-order valence-electron chi connectivity index (χ1n) is 7.99. The Morgan fingerprint density at radius 3 is 2.42 bits per heavy atom. The van der Waals surface area contributed by atoms with Gasteiger partial charge in [0.1, 0.15) is 11.3 Å². The fraction of sp³-hybridized carbons (Fsp3) is 0.200. The maximum atomic E-state index is 12.5. The molecule has 26 heavy (non-hydrogen) atoms. The van der Waals surface area contributed by atoms with Crippen LogP contribution in [0, 0.1) is 0 Å². The van der Waals surface area contributed by atoms with Crippen molar-refractivity contribution in [3.05, 3.63) is 65.4 Å². The first kappa shape index (κ1) is 17.7. The summed E-state index contributed by atoms with van der Waals surface area (Å²) < 4.78 is 20.9. The average molecular weight is 354 g/mol. The fourth-order valence-electron chi connectivity index (χ4n) is 2.62. The first-order chi connectivity index (χ1) is 12.6. The molecule has 0 aliphatic carbocycles. The van der Waals surface area contributed by atoms with Crippen LogP contribution in [0.4, 0.5) is 0 Å². The van der Waals surface area contributed by atoms with E-state index in [0.717, 1.165) is 10.9 Å². The normalized spacial score (nSPS) is 10.7. The lowest BCUT2D eigenvalue weighted by molar-refractivity contribution is -0.139. The van der Waals surface area contributed by atoms with Crippen molar-refractivity contribution in [3.8, 4) is 5.75 Å². The molecule has 0 aliphatic rings. The van der Waals surface area contributed by atoms with E-state index in [2.05, 4.69) is 4.74 Å². The van der Waals surface area contributed by atoms with Crippen LogP contribution in [0.15, 0.2) is 52.9 Å². The summed E-state index contributed by atoms with van der Waals surface area (Å²) in [5.74, 6) is -0.464. The Morgan fingerprint density at radius 1 is 1.00 bits per heavy atom. The smallest absolute Gasteiger partial charge is 0.380 e. The molecule has 1 heterocycles. The second-order valence-electron chi connectivity index (χ2n) is 5.63. The lowest BCUT2D eigenvalue weighted by Crippen LogP contribution is -2.10. The molecule has 2 aromatic carbocycles. The SMILES string of the molecule is COCc1c(C(=O)Oc2ccc(CC(=O)OC)cc2)oc2ccccc12. The molecule has 0 radical (unpaired) electrons. The number of fused-ring (bicyclic) bond motifs is 1. The van der Waals surface area contributed by atoms with Crippen molar-refractivity contribution in [1.82, 2.24) is 0 Å². The van der Waals surface area contributed by atoms with Gasteiger partial charge in [0.2, 0.25) is 5.76 Å². The molecule has 3 aromatic rings. The molecular weight excluding hydrogens is 336 g/mol. The third-order valence-electron chi connectivity index (χ3n) is 3.88. The van der Waals surface area contributed by atoms with E-state index in [-0.39, 0.29) is 24.8 Å². The second kappa shape index (κ2) is 7.84. The molecule has 0 spiro atoms. The number of ether oxygens (including phenoxy) is 3. The number of esters is 2. The van der Waals surface area contributed by atoms with Crippen molar-refractivity contribution in [3.63, 3.8) is 0 Å². The molecule has 0 amide bonds. The predicted molar refractivity (Wildman–Crippen MR) is 94.0 cm³/mol. The van der Waals surface area contributed by atoms with Crippen LogP contribution in [-0.2, 0) is 27.3 Å². The van der Waals surface area contributed by atoms with Gasteiger partial charge in [-0.2, -0.15) is 0 Å². The maximum Gasteiger partial charge on any atom is 0.380 e. The molecule has 1 aromatic heterocycles. The lowest BCUT2D eigenvalue weighted by Gasteiger charge is -2.05. The quantitative estimate of drug-likeness (QED) is 0.498. The van der Waals surface area contributed by atoms with Gasteiger partial charge in [0.25, 0.3) is 0 Å². The van der Waals surface area contributed by atoms with Gasteiger partial charge in [0, 0.05) is 18.1 Å². The van der Waals surface area contributed by atoms with E-state index < -0.39 is 5.97 Å². The number of para-hydroxylation sites is 1. The predicted octanol–water partition coefficient (Wildman–Crippen LogP) is 3.51. The first-order valence-corrected chi connectivity index (χ1v) is 7.99. The minimum Gasteiger partial charge on any atom is -0.469 e. The minimum absolute atomic E-state index is 0.117. The molecule has 6 nitrogen and oxygen atoms in total. The van der Waals surface area contributed by atoms with Gasteiger partial charge in [-0.25, -0.2) is 4.79 Å². The molecule has 0 N–H and O–H groups in total. The highest BCUT2D eigenvalue weighted by Crippen LogP contribution is 2.27. The van der Waals surface area contributed by atoms with E-state index in [0.29, 0.717) is 16.9 Å². The van der Waals surface area contributed by atoms with Crippen molar-refractivity contribution >= 4 is 22.9 Å². The highest BCUT2D eigenvalue weighted by molar-refractivity contribution is 5.97. The third kappa shape index (κ3) is 3.75. The van der Waals surface area contributed by atoms with Gasteiger partial charge in [-0.3, -0.25) is 4.79 Å². The van der Waals surface area contributed by atoms with Crippen LogP contribution in [0.3, 0.4) is 0 Å². The van der Waals surface area contributed by atoms with Crippen molar-refractivity contribution < 1.29 is 28.2 Å². The highest BCUT2D eigenvalue weighted by Gasteiger charge is 2.22. The average Bonchev–Trinajstić information content (AvgIpc) is 3.02. The molecule has 0 atom stereocenters. The molecule has 6 heteroatoms. The van der Waals surface area contributed by atoms with Crippen molar-refractivity contribution in [1.29, 1.82) is 0 Å². The Bertz CT molecular complexity index is 923. The molecule has 0 saturated heterocycles.